The summed E-state index contributed by atoms with van der Waals surface area (Å²) in [4.78, 5) is 28.4. The molecule has 0 saturated heterocycles. The quantitative estimate of drug-likeness (QED) is 0.473. The summed E-state index contributed by atoms with van der Waals surface area (Å²) in [6.45, 7) is 4.23. The molecule has 168 valence electrons. The molecule has 6 nitrogen and oxygen atoms in total. The highest BCUT2D eigenvalue weighted by molar-refractivity contribution is 6.46. The molecule has 0 radical (unpaired) electrons. The summed E-state index contributed by atoms with van der Waals surface area (Å²) in [5, 5.41) is 3.68. The van der Waals surface area contributed by atoms with E-state index >= 15 is 0 Å². The third-order valence-electron chi connectivity index (χ3n) is 5.29. The van der Waals surface area contributed by atoms with E-state index in [1.54, 1.807) is 54.6 Å². The van der Waals surface area contributed by atoms with Gasteiger partial charge in [-0.3, -0.25) is 9.59 Å². The molecule has 0 aliphatic carbocycles. The number of ether oxygens (including phenoxy) is 2. The van der Waals surface area contributed by atoms with Crippen LogP contribution < -0.4 is 19.7 Å². The lowest BCUT2D eigenvalue weighted by molar-refractivity contribution is -0.120. The molecule has 0 atom stereocenters. The fourth-order valence-electron chi connectivity index (χ4n) is 3.68. The Morgan fingerprint density at radius 2 is 1.76 bits per heavy atom. The maximum atomic E-state index is 13.7. The zero-order valence-electron chi connectivity index (χ0n) is 18.5. The highest BCUT2D eigenvalue weighted by atomic mass is 35.5. The SMILES string of the molecule is CCOc1cccc(N2C(=O)C(Nc3ccc(C)c(Cl)c3)=C(c3ccccc3OC)C2=O)c1. The Bertz CT molecular complexity index is 1270. The number of halogens is 1. The van der Waals surface area contributed by atoms with E-state index in [-0.39, 0.29) is 11.3 Å². The standard InChI is InChI=1S/C26H23ClN2O4/c1-4-33-19-9-7-8-18(15-19)29-25(30)23(20-10-5-6-11-22(20)32-3)24(26(29)31)28-17-13-12-16(2)21(27)14-17/h5-15,28H,4H2,1-3H3. The van der Waals surface area contributed by atoms with E-state index in [4.69, 9.17) is 21.1 Å². The van der Waals surface area contributed by atoms with E-state index in [9.17, 15) is 9.59 Å². The normalized spacial score (nSPS) is 13.5. The maximum absolute atomic E-state index is 13.7. The molecule has 1 aliphatic rings. The van der Waals surface area contributed by atoms with Gasteiger partial charge in [0.05, 0.1) is 25.0 Å². The number of rotatable bonds is 7. The van der Waals surface area contributed by atoms with Crippen LogP contribution in [0.25, 0.3) is 5.57 Å². The molecule has 7 heteroatoms. The van der Waals surface area contributed by atoms with Crippen molar-refractivity contribution in [1.29, 1.82) is 0 Å². The first kappa shape index (κ1) is 22.4. The van der Waals surface area contributed by atoms with Crippen molar-refractivity contribution in [2.24, 2.45) is 0 Å². The van der Waals surface area contributed by atoms with Crippen molar-refractivity contribution >= 4 is 40.4 Å². The van der Waals surface area contributed by atoms with Gasteiger partial charge in [0, 0.05) is 22.3 Å². The summed E-state index contributed by atoms with van der Waals surface area (Å²) in [5.41, 5.74) is 2.80. The molecule has 3 aromatic rings. The second-order valence-corrected chi connectivity index (χ2v) is 7.82. The molecule has 33 heavy (non-hydrogen) atoms. The predicted octanol–water partition coefficient (Wildman–Crippen LogP) is 5.45. The van der Waals surface area contributed by atoms with E-state index in [2.05, 4.69) is 5.32 Å². The van der Waals surface area contributed by atoms with Crippen LogP contribution in [0.3, 0.4) is 0 Å². The number of aryl methyl sites for hydroxylation is 1. The van der Waals surface area contributed by atoms with E-state index in [1.165, 1.54) is 7.11 Å². The number of benzene rings is 3. The highest BCUT2D eigenvalue weighted by Gasteiger charge is 2.41. The van der Waals surface area contributed by atoms with Crippen molar-refractivity contribution in [2.45, 2.75) is 13.8 Å². The van der Waals surface area contributed by atoms with Crippen LogP contribution in [0.1, 0.15) is 18.1 Å². The maximum Gasteiger partial charge on any atom is 0.282 e. The number of para-hydroxylation sites is 1. The lowest BCUT2D eigenvalue weighted by Crippen LogP contribution is -2.32. The number of hydrogen-bond donors (Lipinski definition) is 1. The van der Waals surface area contributed by atoms with Crippen LogP contribution in [-0.4, -0.2) is 25.5 Å². The van der Waals surface area contributed by atoms with Crippen molar-refractivity contribution in [3.8, 4) is 11.5 Å². The Morgan fingerprint density at radius 3 is 2.48 bits per heavy atom. The molecule has 4 rings (SSSR count). The summed E-state index contributed by atoms with van der Waals surface area (Å²) >= 11 is 6.28. The number of hydrogen-bond acceptors (Lipinski definition) is 5. The zero-order chi connectivity index (χ0) is 23.5. The largest absolute Gasteiger partial charge is 0.496 e. The molecular formula is C26H23ClN2O4. The number of amides is 2. The Morgan fingerprint density at radius 1 is 0.970 bits per heavy atom. The molecule has 1 aliphatic heterocycles. The average Bonchev–Trinajstić information content (AvgIpc) is 3.05. The van der Waals surface area contributed by atoms with Gasteiger partial charge in [0.25, 0.3) is 11.8 Å². The second-order valence-electron chi connectivity index (χ2n) is 7.42. The molecule has 3 aromatic carbocycles. The topological polar surface area (TPSA) is 67.9 Å². The minimum absolute atomic E-state index is 0.145. The fourth-order valence-corrected chi connectivity index (χ4v) is 3.86. The molecular weight excluding hydrogens is 440 g/mol. The van der Waals surface area contributed by atoms with Gasteiger partial charge in [-0.05, 0) is 49.7 Å². The summed E-state index contributed by atoms with van der Waals surface area (Å²) in [5.74, 6) is 0.117. The molecule has 1 N–H and O–H groups in total. The van der Waals surface area contributed by atoms with Gasteiger partial charge in [-0.2, -0.15) is 0 Å². The summed E-state index contributed by atoms with van der Waals surface area (Å²) in [7, 11) is 1.52. The molecule has 0 fully saturated rings. The number of carbonyl (C=O) groups is 2. The van der Waals surface area contributed by atoms with Crippen LogP contribution in [0.5, 0.6) is 11.5 Å². The van der Waals surface area contributed by atoms with E-state index < -0.39 is 11.8 Å². The Hall–Kier alpha value is -3.77. The van der Waals surface area contributed by atoms with E-state index in [0.717, 1.165) is 10.5 Å². The van der Waals surface area contributed by atoms with E-state index in [1.807, 2.05) is 26.0 Å². The first-order valence-electron chi connectivity index (χ1n) is 10.5. The van der Waals surface area contributed by atoms with Crippen LogP contribution in [0.15, 0.2) is 72.4 Å². The third kappa shape index (κ3) is 4.30. The number of anilines is 2. The summed E-state index contributed by atoms with van der Waals surface area (Å²) < 4.78 is 11.0. The Balaban J connectivity index is 1.84. The van der Waals surface area contributed by atoms with Crippen molar-refractivity contribution in [1.82, 2.24) is 0 Å². The Kier molecular flexibility index (Phi) is 6.38. The van der Waals surface area contributed by atoms with Crippen LogP contribution >= 0.6 is 11.6 Å². The molecule has 0 saturated carbocycles. The summed E-state index contributed by atoms with van der Waals surface area (Å²) in [6, 6.07) is 19.4. The number of nitrogens with zero attached hydrogens (tertiary/aromatic N) is 1. The third-order valence-corrected chi connectivity index (χ3v) is 5.70. The number of imide groups is 1. The zero-order valence-corrected chi connectivity index (χ0v) is 19.3. The van der Waals surface area contributed by atoms with Gasteiger partial charge in [0.1, 0.15) is 17.2 Å². The van der Waals surface area contributed by atoms with Crippen LogP contribution in [0.4, 0.5) is 11.4 Å². The first-order valence-corrected chi connectivity index (χ1v) is 10.8. The van der Waals surface area contributed by atoms with Gasteiger partial charge in [0.2, 0.25) is 0 Å². The van der Waals surface area contributed by atoms with Crippen molar-refractivity contribution < 1.29 is 19.1 Å². The smallest absolute Gasteiger partial charge is 0.282 e. The van der Waals surface area contributed by atoms with Crippen LogP contribution in [-0.2, 0) is 9.59 Å². The summed E-state index contributed by atoms with van der Waals surface area (Å²) in [6.07, 6.45) is 0. The highest BCUT2D eigenvalue weighted by Crippen LogP contribution is 2.38. The number of nitrogens with one attached hydrogen (secondary N) is 1. The fraction of sp³-hybridized carbons (Fsp3) is 0.154. The molecule has 0 unspecified atom stereocenters. The Labute approximate surface area is 197 Å². The van der Waals surface area contributed by atoms with Gasteiger partial charge >= 0.3 is 0 Å². The minimum Gasteiger partial charge on any atom is -0.496 e. The number of methoxy groups -OCH3 is 1. The van der Waals surface area contributed by atoms with Crippen molar-refractivity contribution in [2.75, 3.05) is 23.9 Å². The van der Waals surface area contributed by atoms with Crippen LogP contribution in [0, 0.1) is 6.92 Å². The molecule has 0 bridgehead atoms. The molecule has 0 spiro atoms. The molecule has 0 aromatic heterocycles. The van der Waals surface area contributed by atoms with Gasteiger partial charge in [0.15, 0.2) is 0 Å². The lowest BCUT2D eigenvalue weighted by atomic mass is 10.0. The van der Waals surface area contributed by atoms with Gasteiger partial charge in [-0.15, -0.1) is 0 Å². The molecule has 2 amide bonds. The number of carbonyl (C=O) groups excluding carboxylic acids is 2. The predicted molar refractivity (Wildman–Crippen MR) is 130 cm³/mol. The minimum atomic E-state index is -0.480. The second kappa shape index (κ2) is 9.38. The van der Waals surface area contributed by atoms with Crippen molar-refractivity contribution in [3.63, 3.8) is 0 Å². The monoisotopic (exact) mass is 462 g/mol. The van der Waals surface area contributed by atoms with Crippen LogP contribution in [0.2, 0.25) is 5.02 Å². The van der Waals surface area contributed by atoms with Gasteiger partial charge < -0.3 is 14.8 Å². The first-order chi connectivity index (χ1) is 15.9. The molecule has 1 heterocycles. The average molecular weight is 463 g/mol. The lowest BCUT2D eigenvalue weighted by Gasteiger charge is -2.17. The van der Waals surface area contributed by atoms with Gasteiger partial charge in [-0.1, -0.05) is 41.9 Å². The van der Waals surface area contributed by atoms with Crippen molar-refractivity contribution in [3.05, 3.63) is 88.6 Å². The van der Waals surface area contributed by atoms with Gasteiger partial charge in [-0.25, -0.2) is 4.90 Å². The van der Waals surface area contributed by atoms with E-state index in [0.29, 0.717) is 40.1 Å².